The molecule has 6 heteroatoms. The lowest BCUT2D eigenvalue weighted by Gasteiger charge is -2.09. The van der Waals surface area contributed by atoms with E-state index in [0.717, 1.165) is 0 Å². The van der Waals surface area contributed by atoms with Crippen molar-refractivity contribution in [2.24, 2.45) is 5.10 Å². The van der Waals surface area contributed by atoms with Crippen molar-refractivity contribution in [3.8, 4) is 11.5 Å². The van der Waals surface area contributed by atoms with Gasteiger partial charge in [0.1, 0.15) is 0 Å². The maximum atomic E-state index is 11.9. The Morgan fingerprint density at radius 3 is 2.83 bits per heavy atom. The van der Waals surface area contributed by atoms with Crippen LogP contribution in [0.2, 0.25) is 0 Å². The monoisotopic (exact) mass is 311 g/mol. The van der Waals surface area contributed by atoms with Gasteiger partial charge >= 0.3 is 0 Å². The summed E-state index contributed by atoms with van der Waals surface area (Å²) in [6.45, 7) is 3.65. The maximum Gasteiger partial charge on any atom is 0.271 e. The molecule has 0 fully saturated rings. The summed E-state index contributed by atoms with van der Waals surface area (Å²) in [5.41, 5.74) is 4.25. The van der Waals surface area contributed by atoms with E-state index < -0.39 is 0 Å². The Morgan fingerprint density at radius 1 is 1.43 bits per heavy atom. The number of phenols is 1. The van der Waals surface area contributed by atoms with E-state index in [1.165, 1.54) is 25.7 Å². The van der Waals surface area contributed by atoms with Crippen LogP contribution in [-0.2, 0) is 6.42 Å². The van der Waals surface area contributed by atoms with E-state index in [9.17, 15) is 9.90 Å². The molecule has 2 aromatic rings. The highest BCUT2D eigenvalue weighted by Crippen LogP contribution is 2.31. The molecule has 0 saturated heterocycles. The van der Waals surface area contributed by atoms with Gasteiger partial charge in [-0.2, -0.15) is 5.10 Å². The molecule has 0 unspecified atom stereocenters. The summed E-state index contributed by atoms with van der Waals surface area (Å²) in [6, 6.07) is 6.57. The summed E-state index contributed by atoms with van der Waals surface area (Å²) in [5.74, 6) is 0.0809. The van der Waals surface area contributed by atoms with Crippen molar-refractivity contribution in [2.75, 3.05) is 7.11 Å². The number of carbonyl (C=O) groups is 1. The number of allylic oxidation sites excluding steroid dienone is 1. The smallest absolute Gasteiger partial charge is 0.271 e. The van der Waals surface area contributed by atoms with Crippen molar-refractivity contribution in [1.82, 2.24) is 10.4 Å². The third kappa shape index (κ3) is 4.16. The Kier molecular flexibility index (Phi) is 5.46. The lowest BCUT2D eigenvalue weighted by Crippen LogP contribution is -2.17. The van der Waals surface area contributed by atoms with Gasteiger partial charge in [0.25, 0.3) is 5.91 Å². The van der Waals surface area contributed by atoms with Gasteiger partial charge in [0.05, 0.1) is 13.3 Å². The largest absolute Gasteiger partial charge is 0.504 e. The minimum atomic E-state index is -0.333. The number of nitrogens with zero attached hydrogens (tertiary/aromatic N) is 2. The van der Waals surface area contributed by atoms with E-state index >= 15 is 0 Å². The number of rotatable bonds is 6. The fourth-order valence-electron chi connectivity index (χ4n) is 1.96. The average molecular weight is 311 g/mol. The Hall–Kier alpha value is -3.15. The maximum absolute atomic E-state index is 11.9. The standard InChI is InChI=1S/C17H17N3O3/c1-3-4-14-9-12(10-15(23-2)16(14)21)11-19-20-17(22)13-5-7-18-8-6-13/h3,5-11,21H,1,4H2,2H3,(H,20,22)/b19-11-. The molecule has 0 aliphatic rings. The highest BCUT2D eigenvalue weighted by atomic mass is 16.5. The van der Waals surface area contributed by atoms with Gasteiger partial charge in [0, 0.05) is 23.5 Å². The number of hydrogen-bond donors (Lipinski definition) is 2. The zero-order chi connectivity index (χ0) is 16.7. The van der Waals surface area contributed by atoms with Crippen molar-refractivity contribution >= 4 is 12.1 Å². The summed E-state index contributed by atoms with van der Waals surface area (Å²) in [6.07, 6.45) is 6.72. The highest BCUT2D eigenvalue weighted by molar-refractivity contribution is 5.94. The quantitative estimate of drug-likeness (QED) is 0.487. The lowest BCUT2D eigenvalue weighted by molar-refractivity contribution is 0.0955. The topological polar surface area (TPSA) is 83.8 Å². The zero-order valence-corrected chi connectivity index (χ0v) is 12.7. The highest BCUT2D eigenvalue weighted by Gasteiger charge is 2.09. The summed E-state index contributed by atoms with van der Waals surface area (Å²) >= 11 is 0. The van der Waals surface area contributed by atoms with Crippen molar-refractivity contribution in [2.45, 2.75) is 6.42 Å². The molecule has 1 amide bonds. The van der Waals surface area contributed by atoms with Crippen molar-refractivity contribution < 1.29 is 14.6 Å². The summed E-state index contributed by atoms with van der Waals surface area (Å²) in [5, 5.41) is 13.9. The van der Waals surface area contributed by atoms with Crippen LogP contribution in [0.5, 0.6) is 11.5 Å². The molecule has 0 aliphatic carbocycles. The van der Waals surface area contributed by atoms with Crippen LogP contribution in [0.1, 0.15) is 21.5 Å². The van der Waals surface area contributed by atoms with Crippen LogP contribution in [0, 0.1) is 0 Å². The fraction of sp³-hybridized carbons (Fsp3) is 0.118. The summed E-state index contributed by atoms with van der Waals surface area (Å²) < 4.78 is 5.13. The Balaban J connectivity index is 2.14. The molecule has 1 heterocycles. The number of benzene rings is 1. The molecule has 2 N–H and O–H groups in total. The van der Waals surface area contributed by atoms with E-state index in [4.69, 9.17) is 4.74 Å². The predicted molar refractivity (Wildman–Crippen MR) is 87.9 cm³/mol. The van der Waals surface area contributed by atoms with Crippen LogP contribution in [0.25, 0.3) is 0 Å². The molecule has 1 aromatic carbocycles. The van der Waals surface area contributed by atoms with E-state index in [-0.39, 0.29) is 11.7 Å². The minimum Gasteiger partial charge on any atom is -0.504 e. The molecule has 0 atom stereocenters. The predicted octanol–water partition coefficient (Wildman–Crippen LogP) is 2.29. The van der Waals surface area contributed by atoms with E-state index in [1.54, 1.807) is 30.3 Å². The number of carbonyl (C=O) groups excluding carboxylic acids is 1. The molecule has 1 aromatic heterocycles. The van der Waals surface area contributed by atoms with Crippen LogP contribution < -0.4 is 10.2 Å². The second-order valence-electron chi connectivity index (χ2n) is 4.66. The van der Waals surface area contributed by atoms with E-state index in [0.29, 0.717) is 28.9 Å². The minimum absolute atomic E-state index is 0.0744. The van der Waals surface area contributed by atoms with Crippen LogP contribution in [0.3, 0.4) is 0 Å². The first-order valence-corrected chi connectivity index (χ1v) is 6.90. The van der Waals surface area contributed by atoms with Gasteiger partial charge in [-0.1, -0.05) is 6.08 Å². The number of nitrogens with one attached hydrogen (secondary N) is 1. The number of phenolic OH excluding ortho intramolecular Hbond substituents is 1. The Morgan fingerprint density at radius 2 is 2.17 bits per heavy atom. The number of hydrazone groups is 1. The molecule has 0 aliphatic heterocycles. The first-order valence-electron chi connectivity index (χ1n) is 6.90. The molecular formula is C17H17N3O3. The second kappa shape index (κ2) is 7.74. The first kappa shape index (κ1) is 16.2. The molecule has 6 nitrogen and oxygen atoms in total. The number of aromatic hydroxyl groups is 1. The van der Waals surface area contributed by atoms with E-state index in [2.05, 4.69) is 22.1 Å². The Labute approximate surface area is 134 Å². The van der Waals surface area contributed by atoms with Gasteiger partial charge in [-0.05, 0) is 36.2 Å². The van der Waals surface area contributed by atoms with Gasteiger partial charge in [0.2, 0.25) is 0 Å². The molecule has 0 radical (unpaired) electrons. The third-order valence-electron chi connectivity index (χ3n) is 3.08. The molecule has 0 spiro atoms. The molecular weight excluding hydrogens is 294 g/mol. The fourth-order valence-corrected chi connectivity index (χ4v) is 1.96. The van der Waals surface area contributed by atoms with Crippen molar-refractivity contribution in [3.05, 3.63) is 66.0 Å². The van der Waals surface area contributed by atoms with Crippen molar-refractivity contribution in [3.63, 3.8) is 0 Å². The van der Waals surface area contributed by atoms with Gasteiger partial charge < -0.3 is 9.84 Å². The number of aromatic nitrogens is 1. The average Bonchev–Trinajstić information content (AvgIpc) is 2.58. The first-order chi connectivity index (χ1) is 11.2. The number of amides is 1. The molecule has 23 heavy (non-hydrogen) atoms. The van der Waals surface area contributed by atoms with Gasteiger partial charge in [-0.25, -0.2) is 5.43 Å². The molecule has 0 saturated carbocycles. The second-order valence-corrected chi connectivity index (χ2v) is 4.66. The lowest BCUT2D eigenvalue weighted by atomic mass is 10.1. The normalized spacial score (nSPS) is 10.5. The van der Waals surface area contributed by atoms with Crippen molar-refractivity contribution in [1.29, 1.82) is 0 Å². The van der Waals surface area contributed by atoms with Gasteiger partial charge in [0.15, 0.2) is 11.5 Å². The van der Waals surface area contributed by atoms with Crippen LogP contribution in [-0.4, -0.2) is 29.3 Å². The molecule has 118 valence electrons. The van der Waals surface area contributed by atoms with Crippen LogP contribution in [0.15, 0.2) is 54.4 Å². The van der Waals surface area contributed by atoms with Gasteiger partial charge in [-0.3, -0.25) is 9.78 Å². The van der Waals surface area contributed by atoms with Crippen LogP contribution >= 0.6 is 0 Å². The number of ether oxygens (including phenoxy) is 1. The zero-order valence-electron chi connectivity index (χ0n) is 12.7. The Bertz CT molecular complexity index is 727. The SMILES string of the molecule is C=CCc1cc(/C=N\NC(=O)c2ccncc2)cc(OC)c1O. The summed E-state index contributed by atoms with van der Waals surface area (Å²) in [7, 11) is 1.47. The number of methoxy groups -OCH3 is 1. The molecule has 0 bridgehead atoms. The number of pyridine rings is 1. The van der Waals surface area contributed by atoms with Gasteiger partial charge in [-0.15, -0.1) is 6.58 Å². The van der Waals surface area contributed by atoms with E-state index in [1.807, 2.05) is 0 Å². The van der Waals surface area contributed by atoms with Crippen LogP contribution in [0.4, 0.5) is 0 Å². The summed E-state index contributed by atoms with van der Waals surface area (Å²) in [4.78, 5) is 15.7. The number of hydrogen-bond acceptors (Lipinski definition) is 5. The third-order valence-corrected chi connectivity index (χ3v) is 3.08. The molecule has 2 rings (SSSR count).